The Labute approximate surface area is 135 Å². The first kappa shape index (κ1) is 15.6. The molecule has 0 fully saturated rings. The van der Waals surface area contributed by atoms with Crippen molar-refractivity contribution in [3.05, 3.63) is 48.7 Å². The number of hydrogen-bond donors (Lipinski definition) is 2. The maximum atomic E-state index is 10.2. The average Bonchev–Trinajstić information content (AvgIpc) is 3.14. The zero-order valence-corrected chi connectivity index (χ0v) is 13.4. The van der Waals surface area contributed by atoms with Gasteiger partial charge in [-0.25, -0.2) is 4.98 Å². The zero-order chi connectivity index (χ0) is 16.2. The Kier molecular flexibility index (Phi) is 4.64. The number of hydrogen-bond acceptors (Lipinski definition) is 4. The van der Waals surface area contributed by atoms with Gasteiger partial charge in [-0.05, 0) is 25.2 Å². The van der Waals surface area contributed by atoms with Crippen LogP contribution in [-0.4, -0.2) is 50.8 Å². The Morgan fingerprint density at radius 2 is 2.26 bits per heavy atom. The van der Waals surface area contributed by atoms with E-state index in [1.807, 2.05) is 60.2 Å². The molecule has 0 bridgehead atoms. The second-order valence-corrected chi connectivity index (χ2v) is 5.81. The standard InChI is InChI=1S/C17H22N4O2/c1-20(11-17-19-8-9-21(17)2)10-13(22)12-23-16-5-3-4-15-14(16)6-7-18-15/h3-9,13,18,22H,10-12H2,1-2H3. The molecule has 0 radical (unpaired) electrons. The third-order valence-corrected chi connectivity index (χ3v) is 3.84. The van der Waals surface area contributed by atoms with E-state index in [1.165, 1.54) is 0 Å². The summed E-state index contributed by atoms with van der Waals surface area (Å²) in [6.45, 7) is 1.47. The minimum Gasteiger partial charge on any atom is -0.490 e. The summed E-state index contributed by atoms with van der Waals surface area (Å²) in [5, 5.41) is 11.2. The lowest BCUT2D eigenvalue weighted by Gasteiger charge is -2.20. The van der Waals surface area contributed by atoms with Gasteiger partial charge in [0.05, 0.1) is 6.54 Å². The molecule has 6 nitrogen and oxygen atoms in total. The summed E-state index contributed by atoms with van der Waals surface area (Å²) < 4.78 is 7.76. The Hall–Kier alpha value is -2.31. The van der Waals surface area contributed by atoms with E-state index in [2.05, 4.69) is 9.97 Å². The number of aryl methyl sites for hydroxylation is 1. The predicted molar refractivity (Wildman–Crippen MR) is 89.3 cm³/mol. The molecule has 0 amide bonds. The molecule has 0 aliphatic carbocycles. The van der Waals surface area contributed by atoms with Crippen LogP contribution >= 0.6 is 0 Å². The van der Waals surface area contributed by atoms with Crippen LogP contribution in [0.25, 0.3) is 10.9 Å². The monoisotopic (exact) mass is 314 g/mol. The number of benzene rings is 1. The van der Waals surface area contributed by atoms with Crippen LogP contribution in [0.4, 0.5) is 0 Å². The molecule has 0 spiro atoms. The minimum atomic E-state index is -0.561. The van der Waals surface area contributed by atoms with E-state index in [0.717, 1.165) is 22.5 Å². The largest absolute Gasteiger partial charge is 0.490 e. The van der Waals surface area contributed by atoms with Crippen molar-refractivity contribution in [2.24, 2.45) is 7.05 Å². The summed E-state index contributed by atoms with van der Waals surface area (Å²) in [6, 6.07) is 7.83. The maximum Gasteiger partial charge on any atom is 0.128 e. The number of nitrogens with one attached hydrogen (secondary N) is 1. The second-order valence-electron chi connectivity index (χ2n) is 5.81. The number of nitrogens with zero attached hydrogens (tertiary/aromatic N) is 3. The molecule has 0 saturated carbocycles. The SMILES string of the molecule is CN(Cc1nccn1C)CC(O)COc1cccc2[nH]ccc12. The van der Waals surface area contributed by atoms with Gasteiger partial charge in [-0.2, -0.15) is 0 Å². The van der Waals surface area contributed by atoms with Gasteiger partial charge in [-0.15, -0.1) is 0 Å². The number of likely N-dealkylation sites (N-methyl/N-ethyl adjacent to an activating group) is 1. The number of aromatic nitrogens is 3. The fraction of sp³-hybridized carbons (Fsp3) is 0.353. The molecule has 2 N–H and O–H groups in total. The molecule has 1 atom stereocenters. The van der Waals surface area contributed by atoms with Crippen LogP contribution in [0.15, 0.2) is 42.9 Å². The van der Waals surface area contributed by atoms with Crippen molar-refractivity contribution in [2.45, 2.75) is 12.6 Å². The number of fused-ring (bicyclic) bond motifs is 1. The number of rotatable bonds is 7. The number of ether oxygens (including phenoxy) is 1. The maximum absolute atomic E-state index is 10.2. The molecule has 6 heteroatoms. The van der Waals surface area contributed by atoms with Crippen LogP contribution in [-0.2, 0) is 13.6 Å². The predicted octanol–water partition coefficient (Wildman–Crippen LogP) is 1.77. The van der Waals surface area contributed by atoms with Crippen molar-refractivity contribution in [1.29, 1.82) is 0 Å². The first-order valence-corrected chi connectivity index (χ1v) is 7.65. The van der Waals surface area contributed by atoms with Crippen molar-refractivity contribution in [2.75, 3.05) is 20.2 Å². The summed E-state index contributed by atoms with van der Waals surface area (Å²) >= 11 is 0. The van der Waals surface area contributed by atoms with Gasteiger partial charge in [0, 0.05) is 43.1 Å². The van der Waals surface area contributed by atoms with Gasteiger partial charge in [-0.1, -0.05) is 6.07 Å². The number of H-pyrrole nitrogens is 1. The van der Waals surface area contributed by atoms with E-state index in [9.17, 15) is 5.11 Å². The third kappa shape index (κ3) is 3.72. The van der Waals surface area contributed by atoms with Gasteiger partial charge in [-0.3, -0.25) is 4.90 Å². The number of aliphatic hydroxyl groups is 1. The first-order valence-electron chi connectivity index (χ1n) is 7.65. The highest BCUT2D eigenvalue weighted by molar-refractivity contribution is 5.85. The summed E-state index contributed by atoms with van der Waals surface area (Å²) in [7, 11) is 3.93. The summed E-state index contributed by atoms with van der Waals surface area (Å²) in [4.78, 5) is 9.47. The third-order valence-electron chi connectivity index (χ3n) is 3.84. The van der Waals surface area contributed by atoms with Crippen LogP contribution in [0.1, 0.15) is 5.82 Å². The molecule has 3 aromatic rings. The van der Waals surface area contributed by atoms with Crippen LogP contribution in [0.5, 0.6) is 5.75 Å². The summed E-state index contributed by atoms with van der Waals surface area (Å²) in [5.41, 5.74) is 1.03. The quantitative estimate of drug-likeness (QED) is 0.697. The molecule has 1 aromatic carbocycles. The Morgan fingerprint density at radius 1 is 1.39 bits per heavy atom. The molecular formula is C17H22N4O2. The van der Waals surface area contributed by atoms with E-state index in [4.69, 9.17) is 4.74 Å². The summed E-state index contributed by atoms with van der Waals surface area (Å²) in [5.74, 6) is 1.76. The molecule has 23 heavy (non-hydrogen) atoms. The lowest BCUT2D eigenvalue weighted by molar-refractivity contribution is 0.0740. The van der Waals surface area contributed by atoms with Crippen molar-refractivity contribution in [3.8, 4) is 5.75 Å². The van der Waals surface area contributed by atoms with E-state index in [-0.39, 0.29) is 6.61 Å². The summed E-state index contributed by atoms with van der Waals surface area (Å²) in [6.07, 6.45) is 5.02. The van der Waals surface area contributed by atoms with E-state index in [1.54, 1.807) is 6.20 Å². The smallest absolute Gasteiger partial charge is 0.128 e. The van der Waals surface area contributed by atoms with E-state index >= 15 is 0 Å². The fourth-order valence-corrected chi connectivity index (χ4v) is 2.64. The van der Waals surface area contributed by atoms with Gasteiger partial charge in [0.1, 0.15) is 24.3 Å². The highest BCUT2D eigenvalue weighted by Gasteiger charge is 2.12. The Bertz CT molecular complexity index is 765. The lowest BCUT2D eigenvalue weighted by atomic mass is 10.2. The molecule has 2 heterocycles. The van der Waals surface area contributed by atoms with Crippen molar-refractivity contribution in [1.82, 2.24) is 19.4 Å². The number of aliphatic hydroxyl groups excluding tert-OH is 1. The molecule has 3 rings (SSSR count). The molecule has 122 valence electrons. The van der Waals surface area contributed by atoms with Gasteiger partial charge < -0.3 is 19.4 Å². The second kappa shape index (κ2) is 6.85. The van der Waals surface area contributed by atoms with Gasteiger partial charge in [0.25, 0.3) is 0 Å². The normalized spacial score (nSPS) is 12.9. The van der Waals surface area contributed by atoms with Crippen molar-refractivity contribution >= 4 is 10.9 Å². The first-order chi connectivity index (χ1) is 11.1. The Morgan fingerprint density at radius 3 is 3.04 bits per heavy atom. The topological polar surface area (TPSA) is 66.3 Å². The highest BCUT2D eigenvalue weighted by atomic mass is 16.5. The Balaban J connectivity index is 1.52. The van der Waals surface area contributed by atoms with Crippen LogP contribution in [0, 0.1) is 0 Å². The zero-order valence-electron chi connectivity index (χ0n) is 13.4. The molecule has 2 aromatic heterocycles. The molecule has 0 aliphatic rings. The van der Waals surface area contributed by atoms with Crippen molar-refractivity contribution in [3.63, 3.8) is 0 Å². The molecular weight excluding hydrogens is 292 g/mol. The molecule has 0 aliphatic heterocycles. The highest BCUT2D eigenvalue weighted by Crippen LogP contribution is 2.24. The lowest BCUT2D eigenvalue weighted by Crippen LogP contribution is -2.33. The molecule has 1 unspecified atom stereocenters. The fourth-order valence-electron chi connectivity index (χ4n) is 2.64. The average molecular weight is 314 g/mol. The van der Waals surface area contributed by atoms with E-state index in [0.29, 0.717) is 13.1 Å². The van der Waals surface area contributed by atoms with Crippen LogP contribution in [0.3, 0.4) is 0 Å². The van der Waals surface area contributed by atoms with E-state index < -0.39 is 6.10 Å². The van der Waals surface area contributed by atoms with Gasteiger partial charge >= 0.3 is 0 Å². The molecule has 0 saturated heterocycles. The van der Waals surface area contributed by atoms with Crippen LogP contribution in [0.2, 0.25) is 0 Å². The number of aromatic amines is 1. The van der Waals surface area contributed by atoms with Gasteiger partial charge in [0.15, 0.2) is 0 Å². The minimum absolute atomic E-state index is 0.259. The van der Waals surface area contributed by atoms with Crippen molar-refractivity contribution < 1.29 is 9.84 Å². The van der Waals surface area contributed by atoms with Crippen LogP contribution < -0.4 is 4.74 Å². The number of imidazole rings is 1. The van der Waals surface area contributed by atoms with Gasteiger partial charge in [0.2, 0.25) is 0 Å².